The highest BCUT2D eigenvalue weighted by molar-refractivity contribution is 5.39. The molecule has 0 radical (unpaired) electrons. The second-order valence-corrected chi connectivity index (χ2v) is 5.32. The largest absolute Gasteiger partial charge is 0.457 e. The molecule has 2 aromatic carbocycles. The van der Waals surface area contributed by atoms with E-state index in [4.69, 9.17) is 4.74 Å². The molecule has 3 aromatic rings. The van der Waals surface area contributed by atoms with Crippen molar-refractivity contribution in [2.45, 2.75) is 19.9 Å². The van der Waals surface area contributed by atoms with Gasteiger partial charge in [-0.3, -0.25) is 0 Å². The fourth-order valence-electron chi connectivity index (χ4n) is 2.27. The van der Waals surface area contributed by atoms with Crippen LogP contribution in [-0.4, -0.2) is 4.98 Å². The molecule has 1 aromatic heterocycles. The highest BCUT2D eigenvalue weighted by Crippen LogP contribution is 2.22. The number of pyridine rings is 1. The molecule has 116 valence electrons. The predicted molar refractivity (Wildman–Crippen MR) is 93.9 cm³/mol. The second kappa shape index (κ2) is 7.45. The standard InChI is InChI=1S/C20H20N2O/c1-2-16-11-12-20(21-14-16)22-15-17-7-6-10-19(13-17)23-18-8-4-3-5-9-18/h3-14H,2,15H2,1H3,(H,21,22). The van der Waals surface area contributed by atoms with Gasteiger partial charge < -0.3 is 10.1 Å². The fourth-order valence-corrected chi connectivity index (χ4v) is 2.27. The van der Waals surface area contributed by atoms with Gasteiger partial charge in [0.25, 0.3) is 0 Å². The van der Waals surface area contributed by atoms with Crippen LogP contribution in [0.1, 0.15) is 18.1 Å². The Hall–Kier alpha value is -2.81. The maximum Gasteiger partial charge on any atom is 0.127 e. The monoisotopic (exact) mass is 304 g/mol. The number of nitrogens with one attached hydrogen (secondary N) is 1. The summed E-state index contributed by atoms with van der Waals surface area (Å²) >= 11 is 0. The van der Waals surface area contributed by atoms with E-state index in [9.17, 15) is 0 Å². The summed E-state index contributed by atoms with van der Waals surface area (Å²) < 4.78 is 5.86. The molecule has 0 spiro atoms. The summed E-state index contributed by atoms with van der Waals surface area (Å²) in [6.45, 7) is 2.84. The summed E-state index contributed by atoms with van der Waals surface area (Å²) in [5.74, 6) is 2.57. The van der Waals surface area contributed by atoms with Crippen molar-refractivity contribution in [3.63, 3.8) is 0 Å². The van der Waals surface area contributed by atoms with E-state index in [1.807, 2.05) is 60.8 Å². The van der Waals surface area contributed by atoms with Crippen molar-refractivity contribution in [1.29, 1.82) is 0 Å². The van der Waals surface area contributed by atoms with Crippen LogP contribution in [-0.2, 0) is 13.0 Å². The van der Waals surface area contributed by atoms with Gasteiger partial charge in [-0.1, -0.05) is 43.3 Å². The summed E-state index contributed by atoms with van der Waals surface area (Å²) in [7, 11) is 0. The van der Waals surface area contributed by atoms with Crippen LogP contribution in [0.25, 0.3) is 0 Å². The third kappa shape index (κ3) is 4.33. The Bertz CT molecular complexity index is 739. The van der Waals surface area contributed by atoms with E-state index in [2.05, 4.69) is 29.4 Å². The Labute approximate surface area is 137 Å². The molecule has 1 N–H and O–H groups in total. The van der Waals surface area contributed by atoms with Crippen molar-refractivity contribution in [2.24, 2.45) is 0 Å². The minimum atomic E-state index is 0.713. The van der Waals surface area contributed by atoms with Gasteiger partial charge in [-0.05, 0) is 47.9 Å². The van der Waals surface area contributed by atoms with Gasteiger partial charge in [0.05, 0.1) is 0 Å². The predicted octanol–water partition coefficient (Wildman–Crippen LogP) is 5.05. The van der Waals surface area contributed by atoms with Crippen molar-refractivity contribution in [3.05, 3.63) is 84.1 Å². The SMILES string of the molecule is CCc1ccc(NCc2cccc(Oc3ccccc3)c2)nc1. The zero-order valence-corrected chi connectivity index (χ0v) is 13.2. The van der Waals surface area contributed by atoms with Crippen LogP contribution in [0.5, 0.6) is 11.5 Å². The third-order valence-corrected chi connectivity index (χ3v) is 3.58. The van der Waals surface area contributed by atoms with Crippen LogP contribution in [0.4, 0.5) is 5.82 Å². The zero-order chi connectivity index (χ0) is 15.9. The number of benzene rings is 2. The average Bonchev–Trinajstić information content (AvgIpc) is 2.62. The minimum Gasteiger partial charge on any atom is -0.457 e. The first-order chi connectivity index (χ1) is 11.3. The molecule has 3 heteroatoms. The molecule has 3 nitrogen and oxygen atoms in total. The molecule has 1 heterocycles. The number of hydrogen-bond acceptors (Lipinski definition) is 3. The Morgan fingerprint density at radius 2 is 1.70 bits per heavy atom. The van der Waals surface area contributed by atoms with E-state index in [1.165, 1.54) is 5.56 Å². The quantitative estimate of drug-likeness (QED) is 0.692. The minimum absolute atomic E-state index is 0.713. The number of anilines is 1. The molecule has 0 aliphatic rings. The van der Waals surface area contributed by atoms with E-state index in [0.717, 1.165) is 29.3 Å². The van der Waals surface area contributed by atoms with E-state index in [1.54, 1.807) is 0 Å². The highest BCUT2D eigenvalue weighted by Gasteiger charge is 2.00. The lowest BCUT2D eigenvalue weighted by Crippen LogP contribution is -2.01. The molecule has 0 saturated carbocycles. The Morgan fingerprint density at radius 1 is 0.870 bits per heavy atom. The second-order valence-electron chi connectivity index (χ2n) is 5.32. The number of ether oxygens (including phenoxy) is 1. The van der Waals surface area contributed by atoms with Gasteiger partial charge in [-0.2, -0.15) is 0 Å². The molecule has 0 saturated heterocycles. The zero-order valence-electron chi connectivity index (χ0n) is 13.2. The molecule has 0 aliphatic heterocycles. The summed E-state index contributed by atoms with van der Waals surface area (Å²) in [5.41, 5.74) is 2.40. The molecular formula is C20H20N2O. The van der Waals surface area contributed by atoms with Crippen LogP contribution < -0.4 is 10.1 Å². The topological polar surface area (TPSA) is 34.1 Å². The lowest BCUT2D eigenvalue weighted by Gasteiger charge is -2.09. The van der Waals surface area contributed by atoms with E-state index < -0.39 is 0 Å². The van der Waals surface area contributed by atoms with Gasteiger partial charge >= 0.3 is 0 Å². The first-order valence-corrected chi connectivity index (χ1v) is 7.84. The van der Waals surface area contributed by atoms with Crippen molar-refractivity contribution in [1.82, 2.24) is 4.98 Å². The van der Waals surface area contributed by atoms with Crippen LogP contribution in [0.15, 0.2) is 72.9 Å². The van der Waals surface area contributed by atoms with Gasteiger partial charge in [0.2, 0.25) is 0 Å². The third-order valence-electron chi connectivity index (χ3n) is 3.58. The highest BCUT2D eigenvalue weighted by atomic mass is 16.5. The van der Waals surface area contributed by atoms with Crippen LogP contribution >= 0.6 is 0 Å². The van der Waals surface area contributed by atoms with Crippen molar-refractivity contribution >= 4 is 5.82 Å². The number of hydrogen-bond donors (Lipinski definition) is 1. The maximum absolute atomic E-state index is 5.86. The number of rotatable bonds is 6. The molecule has 3 rings (SSSR count). The Balaban J connectivity index is 1.63. The molecule has 0 unspecified atom stereocenters. The lowest BCUT2D eigenvalue weighted by molar-refractivity contribution is 0.482. The van der Waals surface area contributed by atoms with Gasteiger partial charge in [0, 0.05) is 12.7 Å². The van der Waals surface area contributed by atoms with Crippen molar-refractivity contribution in [3.8, 4) is 11.5 Å². The molecule has 23 heavy (non-hydrogen) atoms. The molecule has 0 amide bonds. The number of para-hydroxylation sites is 1. The normalized spacial score (nSPS) is 10.3. The van der Waals surface area contributed by atoms with E-state index in [-0.39, 0.29) is 0 Å². The summed E-state index contributed by atoms with van der Waals surface area (Å²) in [6.07, 6.45) is 2.92. The molecule has 0 fully saturated rings. The van der Waals surface area contributed by atoms with Gasteiger partial charge in [0.15, 0.2) is 0 Å². The Kier molecular flexibility index (Phi) is 4.89. The maximum atomic E-state index is 5.86. The molecule has 0 aliphatic carbocycles. The number of aryl methyl sites for hydroxylation is 1. The molecule has 0 atom stereocenters. The van der Waals surface area contributed by atoms with Gasteiger partial charge in [-0.25, -0.2) is 4.98 Å². The van der Waals surface area contributed by atoms with Crippen molar-refractivity contribution in [2.75, 3.05) is 5.32 Å². The van der Waals surface area contributed by atoms with Crippen LogP contribution in [0.3, 0.4) is 0 Å². The molecule has 0 bridgehead atoms. The van der Waals surface area contributed by atoms with Crippen molar-refractivity contribution < 1.29 is 4.74 Å². The lowest BCUT2D eigenvalue weighted by atomic mass is 10.2. The summed E-state index contributed by atoms with van der Waals surface area (Å²) in [4.78, 5) is 4.41. The number of aromatic nitrogens is 1. The van der Waals surface area contributed by atoms with Crippen LogP contribution in [0.2, 0.25) is 0 Å². The first-order valence-electron chi connectivity index (χ1n) is 7.84. The van der Waals surface area contributed by atoms with Gasteiger partial charge in [0.1, 0.15) is 17.3 Å². The summed E-state index contributed by atoms with van der Waals surface area (Å²) in [5, 5.41) is 3.34. The van der Waals surface area contributed by atoms with Gasteiger partial charge in [-0.15, -0.1) is 0 Å². The van der Waals surface area contributed by atoms with Crippen LogP contribution in [0, 0.1) is 0 Å². The number of nitrogens with zero attached hydrogens (tertiary/aromatic N) is 1. The average molecular weight is 304 g/mol. The first kappa shape index (κ1) is 15.1. The summed E-state index contributed by atoms with van der Waals surface area (Å²) in [6, 6.07) is 22.0. The fraction of sp³-hybridized carbons (Fsp3) is 0.150. The van der Waals surface area contributed by atoms with E-state index in [0.29, 0.717) is 6.54 Å². The molecular weight excluding hydrogens is 284 g/mol. The Morgan fingerprint density at radius 3 is 2.43 bits per heavy atom. The smallest absolute Gasteiger partial charge is 0.127 e. The van der Waals surface area contributed by atoms with E-state index >= 15 is 0 Å².